The van der Waals surface area contributed by atoms with Crippen LogP contribution in [0.3, 0.4) is 0 Å². The Balaban J connectivity index is 2.00. The van der Waals surface area contributed by atoms with Crippen molar-refractivity contribution in [3.8, 4) is 5.75 Å². The van der Waals surface area contributed by atoms with E-state index in [9.17, 15) is 5.11 Å². The maximum atomic E-state index is 9.95. The first kappa shape index (κ1) is 12.0. The minimum absolute atomic E-state index is 0.230. The van der Waals surface area contributed by atoms with Crippen molar-refractivity contribution >= 4 is 0 Å². The molecule has 1 aromatic carbocycles. The fourth-order valence-electron chi connectivity index (χ4n) is 3.34. The Labute approximate surface area is 108 Å². The van der Waals surface area contributed by atoms with Crippen LogP contribution in [0.1, 0.15) is 36.8 Å². The van der Waals surface area contributed by atoms with Crippen LogP contribution >= 0.6 is 0 Å². The summed E-state index contributed by atoms with van der Waals surface area (Å²) in [6, 6.07) is 6.22. The number of hydrogen-bond acceptors (Lipinski definition) is 3. The standard InChI is InChI=1S/C15H20O3/c1-17-13-4-5-14-11(9-13)3-2-7-15(14)10-12(16)6-8-18-15/h4-5,9,12,16H,2-3,6-8,10H2,1H3. The number of aliphatic hydroxyl groups is 1. The van der Waals surface area contributed by atoms with Gasteiger partial charge in [-0.2, -0.15) is 0 Å². The van der Waals surface area contributed by atoms with Gasteiger partial charge in [0.2, 0.25) is 0 Å². The van der Waals surface area contributed by atoms with Gasteiger partial charge in [0.05, 0.1) is 25.4 Å². The van der Waals surface area contributed by atoms with Crippen molar-refractivity contribution in [2.45, 2.75) is 43.8 Å². The molecule has 1 aromatic rings. The van der Waals surface area contributed by atoms with Gasteiger partial charge in [-0.25, -0.2) is 0 Å². The molecule has 1 saturated heterocycles. The number of rotatable bonds is 1. The summed E-state index contributed by atoms with van der Waals surface area (Å²) in [6.45, 7) is 0.659. The Bertz CT molecular complexity index is 443. The van der Waals surface area contributed by atoms with Gasteiger partial charge < -0.3 is 14.6 Å². The Morgan fingerprint density at radius 2 is 2.33 bits per heavy atom. The molecule has 0 amide bonds. The van der Waals surface area contributed by atoms with Gasteiger partial charge in [0, 0.05) is 6.42 Å². The van der Waals surface area contributed by atoms with Gasteiger partial charge in [-0.05, 0) is 48.9 Å². The van der Waals surface area contributed by atoms with Gasteiger partial charge in [-0.1, -0.05) is 6.07 Å². The zero-order valence-corrected chi connectivity index (χ0v) is 10.8. The summed E-state index contributed by atoms with van der Waals surface area (Å²) in [7, 11) is 1.70. The Morgan fingerprint density at radius 3 is 3.11 bits per heavy atom. The van der Waals surface area contributed by atoms with Crippen LogP contribution in [0, 0.1) is 0 Å². The Kier molecular flexibility index (Phi) is 3.04. The van der Waals surface area contributed by atoms with Crippen molar-refractivity contribution in [2.24, 2.45) is 0 Å². The number of ether oxygens (including phenoxy) is 2. The van der Waals surface area contributed by atoms with Gasteiger partial charge in [0.15, 0.2) is 0 Å². The number of methoxy groups -OCH3 is 1. The van der Waals surface area contributed by atoms with E-state index in [1.165, 1.54) is 11.1 Å². The molecule has 1 N–H and O–H groups in total. The molecule has 0 bridgehead atoms. The SMILES string of the molecule is COc1ccc2c(c1)CCCC21CC(O)CCO1. The second-order valence-corrected chi connectivity index (χ2v) is 5.37. The van der Waals surface area contributed by atoms with E-state index >= 15 is 0 Å². The first-order valence-corrected chi connectivity index (χ1v) is 6.73. The molecular formula is C15H20O3. The number of benzene rings is 1. The van der Waals surface area contributed by atoms with Crippen LogP contribution in [0.2, 0.25) is 0 Å². The van der Waals surface area contributed by atoms with E-state index in [1.807, 2.05) is 6.07 Å². The highest BCUT2D eigenvalue weighted by Gasteiger charge is 2.41. The number of hydrogen-bond donors (Lipinski definition) is 1. The molecule has 1 spiro atoms. The summed E-state index contributed by atoms with van der Waals surface area (Å²) in [5.74, 6) is 0.905. The average Bonchev–Trinajstić information content (AvgIpc) is 2.38. The molecule has 98 valence electrons. The second-order valence-electron chi connectivity index (χ2n) is 5.37. The molecule has 1 heterocycles. The highest BCUT2D eigenvalue weighted by Crippen LogP contribution is 2.45. The van der Waals surface area contributed by atoms with E-state index < -0.39 is 0 Å². The van der Waals surface area contributed by atoms with Gasteiger partial charge in [-0.3, -0.25) is 0 Å². The van der Waals surface area contributed by atoms with E-state index in [0.717, 1.165) is 37.9 Å². The molecule has 2 aliphatic rings. The van der Waals surface area contributed by atoms with Gasteiger partial charge in [-0.15, -0.1) is 0 Å². The van der Waals surface area contributed by atoms with Crippen molar-refractivity contribution in [3.05, 3.63) is 29.3 Å². The minimum Gasteiger partial charge on any atom is -0.497 e. The molecule has 3 rings (SSSR count). The topological polar surface area (TPSA) is 38.7 Å². The second kappa shape index (κ2) is 4.56. The molecule has 2 atom stereocenters. The lowest BCUT2D eigenvalue weighted by Crippen LogP contribution is -2.42. The zero-order chi connectivity index (χ0) is 12.6. The number of fused-ring (bicyclic) bond motifs is 2. The zero-order valence-electron chi connectivity index (χ0n) is 10.8. The van der Waals surface area contributed by atoms with Crippen molar-refractivity contribution in [1.29, 1.82) is 0 Å². The van der Waals surface area contributed by atoms with Crippen molar-refractivity contribution in [2.75, 3.05) is 13.7 Å². The normalized spacial score (nSPS) is 31.1. The third-order valence-electron chi connectivity index (χ3n) is 4.22. The quantitative estimate of drug-likeness (QED) is 0.829. The molecule has 0 aromatic heterocycles. The van der Waals surface area contributed by atoms with E-state index in [0.29, 0.717) is 6.61 Å². The first-order chi connectivity index (χ1) is 8.73. The maximum Gasteiger partial charge on any atom is 0.119 e. The molecule has 1 fully saturated rings. The summed E-state index contributed by atoms with van der Waals surface area (Å²) >= 11 is 0. The summed E-state index contributed by atoms with van der Waals surface area (Å²) in [4.78, 5) is 0. The van der Waals surface area contributed by atoms with Crippen LogP contribution in [0.4, 0.5) is 0 Å². The van der Waals surface area contributed by atoms with Gasteiger partial charge in [0.1, 0.15) is 5.75 Å². The molecule has 1 aliphatic heterocycles. The molecular weight excluding hydrogens is 228 g/mol. The molecule has 3 nitrogen and oxygen atoms in total. The van der Waals surface area contributed by atoms with Crippen LogP contribution in [-0.2, 0) is 16.8 Å². The molecule has 1 aliphatic carbocycles. The molecule has 0 radical (unpaired) electrons. The lowest BCUT2D eigenvalue weighted by Gasteiger charge is -2.43. The summed E-state index contributed by atoms with van der Waals surface area (Å²) < 4.78 is 11.4. The van der Waals surface area contributed by atoms with Crippen LogP contribution in [0.25, 0.3) is 0 Å². The van der Waals surface area contributed by atoms with Crippen LogP contribution in [0.5, 0.6) is 5.75 Å². The van der Waals surface area contributed by atoms with E-state index in [-0.39, 0.29) is 11.7 Å². The molecule has 18 heavy (non-hydrogen) atoms. The third-order valence-corrected chi connectivity index (χ3v) is 4.22. The first-order valence-electron chi connectivity index (χ1n) is 6.73. The number of aryl methyl sites for hydroxylation is 1. The minimum atomic E-state index is -0.252. The van der Waals surface area contributed by atoms with Gasteiger partial charge >= 0.3 is 0 Å². The summed E-state index contributed by atoms with van der Waals surface area (Å²) in [6.07, 6.45) is 4.47. The van der Waals surface area contributed by atoms with Crippen LogP contribution in [0.15, 0.2) is 18.2 Å². The Hall–Kier alpha value is -1.06. The lowest BCUT2D eigenvalue weighted by atomic mass is 9.74. The van der Waals surface area contributed by atoms with Gasteiger partial charge in [0.25, 0.3) is 0 Å². The van der Waals surface area contributed by atoms with E-state index in [1.54, 1.807) is 7.11 Å². The highest BCUT2D eigenvalue weighted by molar-refractivity contribution is 5.41. The number of aliphatic hydroxyl groups excluding tert-OH is 1. The highest BCUT2D eigenvalue weighted by atomic mass is 16.5. The summed E-state index contributed by atoms with van der Waals surface area (Å²) in [5.41, 5.74) is 2.32. The van der Waals surface area contributed by atoms with Crippen LogP contribution in [-0.4, -0.2) is 24.9 Å². The average molecular weight is 248 g/mol. The monoisotopic (exact) mass is 248 g/mol. The van der Waals surface area contributed by atoms with E-state index in [2.05, 4.69) is 12.1 Å². The predicted octanol–water partition coefficient (Wildman–Crippen LogP) is 2.40. The van der Waals surface area contributed by atoms with Crippen LogP contribution < -0.4 is 4.74 Å². The van der Waals surface area contributed by atoms with E-state index in [4.69, 9.17) is 9.47 Å². The van der Waals surface area contributed by atoms with Crippen molar-refractivity contribution in [3.63, 3.8) is 0 Å². The van der Waals surface area contributed by atoms with Crippen molar-refractivity contribution in [1.82, 2.24) is 0 Å². The molecule has 2 unspecified atom stereocenters. The Morgan fingerprint density at radius 1 is 1.44 bits per heavy atom. The predicted molar refractivity (Wildman–Crippen MR) is 68.8 cm³/mol. The molecule has 0 saturated carbocycles. The third kappa shape index (κ3) is 1.91. The fraction of sp³-hybridized carbons (Fsp3) is 0.600. The maximum absolute atomic E-state index is 9.95. The lowest BCUT2D eigenvalue weighted by molar-refractivity contribution is -0.132. The largest absolute Gasteiger partial charge is 0.497 e. The smallest absolute Gasteiger partial charge is 0.119 e. The molecule has 3 heteroatoms. The fourth-order valence-corrected chi connectivity index (χ4v) is 3.34. The van der Waals surface area contributed by atoms with Crippen molar-refractivity contribution < 1.29 is 14.6 Å². The summed E-state index contributed by atoms with van der Waals surface area (Å²) in [5, 5.41) is 9.95.